The van der Waals surface area contributed by atoms with E-state index in [1.165, 1.54) is 6.07 Å². The summed E-state index contributed by atoms with van der Waals surface area (Å²) in [5.74, 6) is 0.806. The van der Waals surface area contributed by atoms with Crippen LogP contribution in [0.1, 0.15) is 25.4 Å². The average molecular weight is 300 g/mol. The molecule has 0 aliphatic rings. The van der Waals surface area contributed by atoms with Crippen LogP contribution in [0.4, 0.5) is 0 Å². The maximum absolute atomic E-state index is 12.0. The molecule has 110 valence electrons. The quantitative estimate of drug-likeness (QED) is 0.772. The largest absolute Gasteiger partial charge is 0.447 e. The molecule has 0 spiro atoms. The van der Waals surface area contributed by atoms with E-state index in [0.717, 1.165) is 6.39 Å². The first-order valence-corrected chi connectivity index (χ1v) is 7.52. The van der Waals surface area contributed by atoms with Crippen LogP contribution < -0.4 is 10.0 Å². The SMILES string of the molecule is CC(C)NCc1ccc(S(=O)(=O)NCc2ncon2)o1. The Hall–Kier alpha value is -1.71. The average Bonchev–Trinajstić information content (AvgIpc) is 3.05. The first-order valence-electron chi connectivity index (χ1n) is 6.04. The number of nitrogens with one attached hydrogen (secondary N) is 2. The van der Waals surface area contributed by atoms with Crippen LogP contribution >= 0.6 is 0 Å². The molecule has 2 rings (SSSR count). The molecular formula is C11H16N4O4S. The van der Waals surface area contributed by atoms with Crippen LogP contribution in [0.3, 0.4) is 0 Å². The van der Waals surface area contributed by atoms with Crippen molar-refractivity contribution in [3.8, 4) is 0 Å². The van der Waals surface area contributed by atoms with Gasteiger partial charge in [-0.3, -0.25) is 0 Å². The Morgan fingerprint density at radius 1 is 1.30 bits per heavy atom. The van der Waals surface area contributed by atoms with Crippen molar-refractivity contribution in [1.82, 2.24) is 20.2 Å². The lowest BCUT2D eigenvalue weighted by Crippen LogP contribution is -2.23. The molecule has 2 N–H and O–H groups in total. The first-order chi connectivity index (χ1) is 9.47. The fourth-order valence-corrected chi connectivity index (χ4v) is 2.33. The predicted molar refractivity (Wildman–Crippen MR) is 69.0 cm³/mol. The molecule has 0 saturated carbocycles. The zero-order valence-corrected chi connectivity index (χ0v) is 12.0. The minimum Gasteiger partial charge on any atom is -0.447 e. The van der Waals surface area contributed by atoms with Crippen molar-refractivity contribution in [3.63, 3.8) is 0 Å². The van der Waals surface area contributed by atoms with Gasteiger partial charge in [-0.2, -0.15) is 4.98 Å². The molecule has 0 amide bonds. The van der Waals surface area contributed by atoms with Crippen LogP contribution in [0, 0.1) is 0 Å². The van der Waals surface area contributed by atoms with Crippen molar-refractivity contribution in [3.05, 3.63) is 30.1 Å². The van der Waals surface area contributed by atoms with E-state index in [-0.39, 0.29) is 23.5 Å². The third kappa shape index (κ3) is 3.89. The van der Waals surface area contributed by atoms with Gasteiger partial charge in [0.25, 0.3) is 10.0 Å². The molecule has 0 saturated heterocycles. The summed E-state index contributed by atoms with van der Waals surface area (Å²) in [5, 5.41) is 6.52. The summed E-state index contributed by atoms with van der Waals surface area (Å²) in [6.07, 6.45) is 1.13. The lowest BCUT2D eigenvalue weighted by Gasteiger charge is -2.05. The molecule has 0 atom stereocenters. The van der Waals surface area contributed by atoms with Crippen LogP contribution in [0.5, 0.6) is 0 Å². The summed E-state index contributed by atoms with van der Waals surface area (Å²) in [5.41, 5.74) is 0. The van der Waals surface area contributed by atoms with Gasteiger partial charge in [-0.1, -0.05) is 19.0 Å². The van der Waals surface area contributed by atoms with E-state index in [2.05, 4.69) is 24.7 Å². The second-order valence-electron chi connectivity index (χ2n) is 4.43. The monoisotopic (exact) mass is 300 g/mol. The van der Waals surface area contributed by atoms with Gasteiger partial charge in [0.05, 0.1) is 13.1 Å². The molecule has 20 heavy (non-hydrogen) atoms. The standard InChI is InChI=1S/C11H16N4O4S/c1-8(2)12-5-9-3-4-11(19-9)20(16,17)14-6-10-13-7-18-15-10/h3-4,7-8,12,14H,5-6H2,1-2H3. The summed E-state index contributed by atoms with van der Waals surface area (Å²) in [7, 11) is -3.72. The van der Waals surface area contributed by atoms with Gasteiger partial charge in [-0.05, 0) is 12.1 Å². The van der Waals surface area contributed by atoms with E-state index in [1.54, 1.807) is 6.07 Å². The third-order valence-corrected chi connectivity index (χ3v) is 3.69. The third-order valence-electron chi connectivity index (χ3n) is 2.41. The molecule has 8 nitrogen and oxygen atoms in total. The Bertz CT molecular complexity index is 633. The van der Waals surface area contributed by atoms with E-state index in [0.29, 0.717) is 12.3 Å². The van der Waals surface area contributed by atoms with Gasteiger partial charge in [0, 0.05) is 6.04 Å². The summed E-state index contributed by atoms with van der Waals surface area (Å²) in [4.78, 5) is 3.72. The highest BCUT2D eigenvalue weighted by atomic mass is 32.2. The fraction of sp³-hybridized carbons (Fsp3) is 0.455. The first kappa shape index (κ1) is 14.7. The van der Waals surface area contributed by atoms with Crippen LogP contribution in [0.25, 0.3) is 0 Å². The number of hydrogen-bond acceptors (Lipinski definition) is 7. The molecule has 9 heteroatoms. The molecule has 0 aliphatic carbocycles. The number of nitrogens with zero attached hydrogens (tertiary/aromatic N) is 2. The van der Waals surface area contributed by atoms with Gasteiger partial charge >= 0.3 is 0 Å². The second kappa shape index (κ2) is 6.16. The number of hydrogen-bond donors (Lipinski definition) is 2. The Labute approximate surface area is 116 Å². The minimum absolute atomic E-state index is 0.0564. The minimum atomic E-state index is -3.72. The smallest absolute Gasteiger partial charge is 0.274 e. The van der Waals surface area contributed by atoms with Crippen LogP contribution in [-0.4, -0.2) is 24.6 Å². The topological polar surface area (TPSA) is 110 Å². The van der Waals surface area contributed by atoms with Crippen LogP contribution in [0.2, 0.25) is 0 Å². The highest BCUT2D eigenvalue weighted by Gasteiger charge is 2.19. The van der Waals surface area contributed by atoms with Crippen LogP contribution in [0.15, 0.2) is 32.6 Å². The van der Waals surface area contributed by atoms with Crippen molar-refractivity contribution in [2.75, 3.05) is 0 Å². The zero-order valence-electron chi connectivity index (χ0n) is 11.2. The number of rotatable bonds is 7. The lowest BCUT2D eigenvalue weighted by molar-refractivity contribution is 0.392. The highest BCUT2D eigenvalue weighted by Crippen LogP contribution is 2.14. The molecule has 0 fully saturated rings. The van der Waals surface area contributed by atoms with Crippen LogP contribution in [-0.2, 0) is 23.1 Å². The highest BCUT2D eigenvalue weighted by molar-refractivity contribution is 7.89. The van der Waals surface area contributed by atoms with Crippen molar-refractivity contribution < 1.29 is 17.4 Å². The zero-order chi connectivity index (χ0) is 14.6. The maximum atomic E-state index is 12.0. The van der Waals surface area contributed by atoms with Crippen molar-refractivity contribution in [2.24, 2.45) is 0 Å². The number of furan rings is 1. The van der Waals surface area contributed by atoms with Gasteiger partial charge in [0.2, 0.25) is 11.5 Å². The predicted octanol–water partition coefficient (Wildman–Crippen LogP) is 0.639. The molecule has 0 aromatic carbocycles. The molecular weight excluding hydrogens is 284 g/mol. The maximum Gasteiger partial charge on any atom is 0.274 e. The Morgan fingerprint density at radius 2 is 2.10 bits per heavy atom. The molecule has 0 unspecified atom stereocenters. The van der Waals surface area contributed by atoms with E-state index < -0.39 is 10.0 Å². The summed E-state index contributed by atoms with van der Waals surface area (Å²) < 4.78 is 36.1. The van der Waals surface area contributed by atoms with E-state index in [4.69, 9.17) is 4.42 Å². The lowest BCUT2D eigenvalue weighted by atomic mass is 10.3. The van der Waals surface area contributed by atoms with Gasteiger partial charge in [0.15, 0.2) is 5.82 Å². The molecule has 2 aromatic heterocycles. The molecule has 2 heterocycles. The summed E-state index contributed by atoms with van der Waals surface area (Å²) >= 11 is 0. The van der Waals surface area contributed by atoms with Crippen molar-refractivity contribution >= 4 is 10.0 Å². The van der Waals surface area contributed by atoms with E-state index in [9.17, 15) is 8.42 Å². The number of sulfonamides is 1. The van der Waals surface area contributed by atoms with Crippen molar-refractivity contribution in [2.45, 2.75) is 38.1 Å². The normalized spacial score (nSPS) is 12.2. The molecule has 0 radical (unpaired) electrons. The Morgan fingerprint density at radius 3 is 2.75 bits per heavy atom. The molecule has 0 bridgehead atoms. The summed E-state index contributed by atoms with van der Waals surface area (Å²) in [6, 6.07) is 3.32. The fourth-order valence-electron chi connectivity index (χ4n) is 1.40. The second-order valence-corrected chi connectivity index (χ2v) is 6.13. The van der Waals surface area contributed by atoms with Gasteiger partial charge in [-0.25, -0.2) is 13.1 Å². The van der Waals surface area contributed by atoms with Gasteiger partial charge in [-0.15, -0.1) is 0 Å². The summed E-state index contributed by atoms with van der Waals surface area (Å²) in [6.45, 7) is 4.40. The van der Waals surface area contributed by atoms with E-state index >= 15 is 0 Å². The Kier molecular flexibility index (Phi) is 4.53. The molecule has 0 aliphatic heterocycles. The van der Waals surface area contributed by atoms with Gasteiger partial charge < -0.3 is 14.3 Å². The Balaban J connectivity index is 1.98. The van der Waals surface area contributed by atoms with Gasteiger partial charge in [0.1, 0.15) is 5.76 Å². The number of aromatic nitrogens is 2. The molecule has 2 aromatic rings. The van der Waals surface area contributed by atoms with E-state index in [1.807, 2.05) is 13.8 Å². The van der Waals surface area contributed by atoms with Crippen molar-refractivity contribution in [1.29, 1.82) is 0 Å².